The highest BCUT2D eigenvalue weighted by Crippen LogP contribution is 2.35. The van der Waals surface area contributed by atoms with E-state index in [0.717, 1.165) is 0 Å². The van der Waals surface area contributed by atoms with Crippen molar-refractivity contribution in [1.82, 2.24) is 5.32 Å². The average molecular weight is 323 g/mol. The van der Waals surface area contributed by atoms with Crippen LogP contribution in [0, 0.1) is 0 Å². The van der Waals surface area contributed by atoms with Crippen molar-refractivity contribution in [3.05, 3.63) is 33.8 Å². The Morgan fingerprint density at radius 1 is 1.19 bits per heavy atom. The molecule has 2 unspecified atom stereocenters. The largest absolute Gasteiger partial charge is 0.295 e. The number of carbonyl (C=O) groups is 2. The van der Waals surface area contributed by atoms with E-state index in [1.807, 2.05) is 0 Å². The monoisotopic (exact) mass is 321 g/mol. The van der Waals surface area contributed by atoms with Gasteiger partial charge >= 0.3 is 0 Å². The number of hydrogen-bond donors (Lipinski definition) is 1. The van der Waals surface area contributed by atoms with Crippen molar-refractivity contribution in [2.45, 2.75) is 10.7 Å². The standard InChI is InChI=1S/C10H6BrCl2NO2/c11-8-7(9(15)14-10(8)16)5-3-4(12)1-2-6(5)13/h1-3,7-8H,(H,14,15,16). The van der Waals surface area contributed by atoms with Crippen molar-refractivity contribution in [3.8, 4) is 0 Å². The van der Waals surface area contributed by atoms with E-state index in [1.54, 1.807) is 18.2 Å². The fourth-order valence-electron chi connectivity index (χ4n) is 1.60. The first-order valence-corrected chi connectivity index (χ1v) is 6.11. The van der Waals surface area contributed by atoms with Crippen LogP contribution in [-0.2, 0) is 9.59 Å². The van der Waals surface area contributed by atoms with E-state index < -0.39 is 10.7 Å². The number of amides is 2. The molecule has 0 aliphatic carbocycles. The van der Waals surface area contributed by atoms with Gasteiger partial charge in [0, 0.05) is 10.0 Å². The second-order valence-electron chi connectivity index (χ2n) is 3.40. The van der Waals surface area contributed by atoms with Crippen LogP contribution in [0.3, 0.4) is 0 Å². The third-order valence-electron chi connectivity index (χ3n) is 2.37. The number of rotatable bonds is 1. The maximum Gasteiger partial charge on any atom is 0.241 e. The molecule has 2 rings (SSSR count). The minimum absolute atomic E-state index is 0.356. The molecule has 1 aliphatic rings. The van der Waals surface area contributed by atoms with E-state index in [2.05, 4.69) is 21.2 Å². The lowest BCUT2D eigenvalue weighted by atomic mass is 9.97. The second kappa shape index (κ2) is 4.35. The van der Waals surface area contributed by atoms with Crippen molar-refractivity contribution in [3.63, 3.8) is 0 Å². The number of imide groups is 1. The van der Waals surface area contributed by atoms with Crippen LogP contribution in [0.2, 0.25) is 10.0 Å². The van der Waals surface area contributed by atoms with Crippen molar-refractivity contribution < 1.29 is 9.59 Å². The van der Waals surface area contributed by atoms with Crippen LogP contribution >= 0.6 is 39.1 Å². The van der Waals surface area contributed by atoms with Crippen molar-refractivity contribution in [2.75, 3.05) is 0 Å². The summed E-state index contributed by atoms with van der Waals surface area (Å²) in [6.07, 6.45) is 0. The molecule has 1 aromatic carbocycles. The molecule has 0 spiro atoms. The lowest BCUT2D eigenvalue weighted by Gasteiger charge is -2.12. The first-order valence-electron chi connectivity index (χ1n) is 4.44. The third kappa shape index (κ3) is 1.97. The van der Waals surface area contributed by atoms with Crippen LogP contribution in [0.15, 0.2) is 18.2 Å². The van der Waals surface area contributed by atoms with Crippen molar-refractivity contribution >= 4 is 50.9 Å². The molecule has 1 N–H and O–H groups in total. The zero-order valence-electron chi connectivity index (χ0n) is 7.84. The minimum atomic E-state index is -0.626. The van der Waals surface area contributed by atoms with E-state index in [9.17, 15) is 9.59 Å². The molecule has 1 saturated heterocycles. The second-order valence-corrected chi connectivity index (χ2v) is 5.23. The smallest absolute Gasteiger partial charge is 0.241 e. The predicted octanol–water partition coefficient (Wildman–Crippen LogP) is 2.50. The predicted molar refractivity (Wildman–Crippen MR) is 65.1 cm³/mol. The molecule has 3 nitrogen and oxygen atoms in total. The lowest BCUT2D eigenvalue weighted by molar-refractivity contribution is -0.125. The summed E-state index contributed by atoms with van der Waals surface area (Å²) in [4.78, 5) is 22.3. The van der Waals surface area contributed by atoms with Gasteiger partial charge in [0.15, 0.2) is 0 Å². The van der Waals surface area contributed by atoms with Gasteiger partial charge in [0.2, 0.25) is 11.8 Å². The number of alkyl halides is 1. The third-order valence-corrected chi connectivity index (χ3v) is 3.89. The molecular weight excluding hydrogens is 317 g/mol. The highest BCUT2D eigenvalue weighted by molar-refractivity contribution is 9.10. The van der Waals surface area contributed by atoms with Gasteiger partial charge in [-0.25, -0.2) is 0 Å². The van der Waals surface area contributed by atoms with Crippen LogP contribution in [0.5, 0.6) is 0 Å². The van der Waals surface area contributed by atoms with E-state index in [0.29, 0.717) is 15.6 Å². The number of halogens is 3. The van der Waals surface area contributed by atoms with Gasteiger partial charge in [-0.1, -0.05) is 39.1 Å². The number of hydrogen-bond acceptors (Lipinski definition) is 2. The summed E-state index contributed by atoms with van der Waals surface area (Å²) >= 11 is 15.0. The molecule has 0 saturated carbocycles. The summed E-state index contributed by atoms with van der Waals surface area (Å²) < 4.78 is 0. The highest BCUT2D eigenvalue weighted by atomic mass is 79.9. The van der Waals surface area contributed by atoms with Crippen LogP contribution in [0.25, 0.3) is 0 Å². The molecule has 0 aromatic heterocycles. The van der Waals surface area contributed by atoms with Gasteiger partial charge in [-0.2, -0.15) is 0 Å². The van der Waals surface area contributed by atoms with Gasteiger partial charge in [-0.05, 0) is 23.8 Å². The fourth-order valence-corrected chi connectivity index (χ4v) is 2.66. The molecule has 84 valence electrons. The van der Waals surface area contributed by atoms with Gasteiger partial charge in [-0.3, -0.25) is 14.9 Å². The average Bonchev–Trinajstić information content (AvgIpc) is 2.46. The number of benzene rings is 1. The van der Waals surface area contributed by atoms with Crippen LogP contribution < -0.4 is 5.32 Å². The van der Waals surface area contributed by atoms with Crippen LogP contribution in [0.4, 0.5) is 0 Å². The molecule has 0 radical (unpaired) electrons. The molecular formula is C10H6BrCl2NO2. The lowest BCUT2D eigenvalue weighted by Crippen LogP contribution is -2.22. The van der Waals surface area contributed by atoms with Gasteiger partial charge in [0.25, 0.3) is 0 Å². The number of nitrogens with one attached hydrogen (secondary N) is 1. The summed E-state index contributed by atoms with van der Waals surface area (Å²) in [5.74, 6) is -1.35. The van der Waals surface area contributed by atoms with Crippen LogP contribution in [0.1, 0.15) is 11.5 Å². The topological polar surface area (TPSA) is 46.2 Å². The quantitative estimate of drug-likeness (QED) is 0.638. The maximum absolute atomic E-state index is 11.6. The van der Waals surface area contributed by atoms with Crippen LogP contribution in [-0.4, -0.2) is 16.6 Å². The maximum atomic E-state index is 11.6. The Hall–Kier alpha value is -0.580. The zero-order chi connectivity index (χ0) is 11.9. The molecule has 1 aromatic rings. The van der Waals surface area contributed by atoms with E-state index in [-0.39, 0.29) is 11.8 Å². The molecule has 2 amide bonds. The van der Waals surface area contributed by atoms with Gasteiger partial charge < -0.3 is 0 Å². The Balaban J connectivity index is 2.48. The number of carbonyl (C=O) groups excluding carboxylic acids is 2. The van der Waals surface area contributed by atoms with E-state index in [4.69, 9.17) is 23.2 Å². The molecule has 2 atom stereocenters. The first-order chi connectivity index (χ1) is 7.50. The van der Waals surface area contributed by atoms with E-state index >= 15 is 0 Å². The zero-order valence-corrected chi connectivity index (χ0v) is 10.9. The van der Waals surface area contributed by atoms with Gasteiger partial charge in [0.1, 0.15) is 4.83 Å². The molecule has 6 heteroatoms. The summed E-state index contributed by atoms with van der Waals surface area (Å²) in [7, 11) is 0. The molecule has 1 aliphatic heterocycles. The van der Waals surface area contributed by atoms with Gasteiger partial charge in [-0.15, -0.1) is 0 Å². The Morgan fingerprint density at radius 2 is 1.88 bits per heavy atom. The first kappa shape index (κ1) is 11.9. The minimum Gasteiger partial charge on any atom is -0.295 e. The normalized spacial score (nSPS) is 24.7. The van der Waals surface area contributed by atoms with Crippen molar-refractivity contribution in [2.24, 2.45) is 0 Å². The summed E-state index contributed by atoms with van der Waals surface area (Å²) in [6, 6.07) is 4.83. The Kier molecular flexibility index (Phi) is 3.24. The Bertz CT molecular complexity index is 478. The SMILES string of the molecule is O=C1NC(=O)C(c2cc(Cl)ccc2Cl)C1Br. The Morgan fingerprint density at radius 3 is 2.44 bits per heavy atom. The molecule has 0 bridgehead atoms. The summed E-state index contributed by atoms with van der Waals surface area (Å²) in [5, 5.41) is 3.13. The Labute approximate surface area is 110 Å². The van der Waals surface area contributed by atoms with E-state index in [1.165, 1.54) is 0 Å². The highest BCUT2D eigenvalue weighted by Gasteiger charge is 2.41. The summed E-state index contributed by atoms with van der Waals surface area (Å²) in [6.45, 7) is 0. The molecule has 16 heavy (non-hydrogen) atoms. The van der Waals surface area contributed by atoms with Crippen molar-refractivity contribution in [1.29, 1.82) is 0 Å². The molecule has 1 fully saturated rings. The van der Waals surface area contributed by atoms with Gasteiger partial charge in [0.05, 0.1) is 5.92 Å². The summed E-state index contributed by atoms with van der Waals surface area (Å²) in [5.41, 5.74) is 0.555. The molecule has 1 heterocycles. The fraction of sp³-hybridized carbons (Fsp3) is 0.200.